The van der Waals surface area contributed by atoms with Gasteiger partial charge in [-0.05, 0) is 29.1 Å². The van der Waals surface area contributed by atoms with Crippen molar-refractivity contribution >= 4 is 23.2 Å². The van der Waals surface area contributed by atoms with Gasteiger partial charge in [-0.2, -0.15) is 0 Å². The van der Waals surface area contributed by atoms with Crippen LogP contribution in [-0.4, -0.2) is 44.5 Å². The highest BCUT2D eigenvalue weighted by Gasteiger charge is 2.12. The third-order valence-corrected chi connectivity index (χ3v) is 4.53. The molecule has 0 aliphatic carbocycles. The molecule has 7 heteroatoms. The number of carbonyl (C=O) groups excluding carboxylic acids is 2. The molecule has 2 amide bonds. The van der Waals surface area contributed by atoms with E-state index in [1.165, 1.54) is 11.3 Å². The summed E-state index contributed by atoms with van der Waals surface area (Å²) in [6, 6.07) is 9.13. The quantitative estimate of drug-likeness (QED) is 0.784. The molecule has 0 atom stereocenters. The van der Waals surface area contributed by atoms with Crippen molar-refractivity contribution < 1.29 is 19.1 Å². The van der Waals surface area contributed by atoms with Gasteiger partial charge < -0.3 is 19.7 Å². The predicted molar refractivity (Wildman–Crippen MR) is 97.3 cm³/mol. The second-order valence-electron chi connectivity index (χ2n) is 5.42. The van der Waals surface area contributed by atoms with Gasteiger partial charge in [-0.15, -0.1) is 11.3 Å². The van der Waals surface area contributed by atoms with Crippen molar-refractivity contribution in [1.29, 1.82) is 0 Å². The number of methoxy groups -OCH3 is 2. The fraction of sp³-hybridized carbons (Fsp3) is 0.333. The first-order valence-electron chi connectivity index (χ1n) is 7.81. The first-order valence-corrected chi connectivity index (χ1v) is 8.69. The van der Waals surface area contributed by atoms with Crippen LogP contribution in [0.1, 0.15) is 21.7 Å². The summed E-state index contributed by atoms with van der Waals surface area (Å²) < 4.78 is 10.5. The third-order valence-electron chi connectivity index (χ3n) is 3.66. The van der Waals surface area contributed by atoms with Crippen LogP contribution in [0.5, 0.6) is 11.5 Å². The van der Waals surface area contributed by atoms with Crippen molar-refractivity contribution in [2.24, 2.45) is 0 Å². The molecule has 0 aliphatic rings. The molecule has 1 N–H and O–H groups in total. The molecule has 1 aromatic heterocycles. The van der Waals surface area contributed by atoms with Gasteiger partial charge in [0.15, 0.2) is 11.5 Å². The summed E-state index contributed by atoms with van der Waals surface area (Å²) in [6.45, 7) is 0.768. The number of hydrogen-bond donors (Lipinski definition) is 1. The van der Waals surface area contributed by atoms with Gasteiger partial charge in [-0.25, -0.2) is 0 Å². The van der Waals surface area contributed by atoms with Gasteiger partial charge in [0.05, 0.1) is 19.1 Å². The molecule has 2 aromatic rings. The number of ether oxygens (including phenoxy) is 2. The molecule has 6 nitrogen and oxygen atoms in total. The van der Waals surface area contributed by atoms with Crippen LogP contribution in [0.4, 0.5) is 0 Å². The minimum Gasteiger partial charge on any atom is -0.493 e. The van der Waals surface area contributed by atoms with Crippen molar-refractivity contribution in [3.63, 3.8) is 0 Å². The Labute approximate surface area is 151 Å². The number of carbonyl (C=O) groups is 2. The number of hydrogen-bond acceptors (Lipinski definition) is 5. The zero-order valence-corrected chi connectivity index (χ0v) is 15.4. The lowest BCUT2D eigenvalue weighted by Gasteiger charge is -2.18. The predicted octanol–water partition coefficient (Wildman–Crippen LogP) is 2.54. The Morgan fingerprint density at radius 1 is 1.16 bits per heavy atom. The van der Waals surface area contributed by atoms with Gasteiger partial charge in [-0.1, -0.05) is 12.1 Å². The van der Waals surface area contributed by atoms with Crippen LogP contribution >= 0.6 is 11.3 Å². The number of benzene rings is 1. The van der Waals surface area contributed by atoms with Crippen LogP contribution in [0, 0.1) is 0 Å². The second-order valence-corrected chi connectivity index (χ2v) is 6.37. The molecule has 134 valence electrons. The van der Waals surface area contributed by atoms with E-state index in [0.29, 0.717) is 29.5 Å². The molecule has 1 aromatic carbocycles. The lowest BCUT2D eigenvalue weighted by Crippen LogP contribution is -2.31. The second kappa shape index (κ2) is 9.08. The van der Waals surface area contributed by atoms with Gasteiger partial charge in [0.2, 0.25) is 5.91 Å². The molecule has 0 radical (unpaired) electrons. The average Bonchev–Trinajstić information content (AvgIpc) is 3.16. The monoisotopic (exact) mass is 362 g/mol. The Kier molecular flexibility index (Phi) is 6.82. The zero-order valence-electron chi connectivity index (χ0n) is 14.6. The molecule has 0 spiro atoms. The fourth-order valence-electron chi connectivity index (χ4n) is 2.31. The smallest absolute Gasteiger partial charge is 0.261 e. The summed E-state index contributed by atoms with van der Waals surface area (Å²) in [5, 5.41) is 4.60. The van der Waals surface area contributed by atoms with Gasteiger partial charge in [0.25, 0.3) is 5.91 Å². The Hall–Kier alpha value is -2.54. The van der Waals surface area contributed by atoms with Crippen molar-refractivity contribution in [1.82, 2.24) is 10.2 Å². The molecule has 25 heavy (non-hydrogen) atoms. The molecular formula is C18H22N2O4S. The molecule has 0 unspecified atom stereocenters. The minimum absolute atomic E-state index is 0.0405. The van der Waals surface area contributed by atoms with Gasteiger partial charge in [0.1, 0.15) is 0 Å². The van der Waals surface area contributed by atoms with E-state index in [0.717, 1.165) is 5.56 Å². The van der Waals surface area contributed by atoms with E-state index in [2.05, 4.69) is 5.32 Å². The molecule has 1 heterocycles. The molecular weight excluding hydrogens is 340 g/mol. The van der Waals surface area contributed by atoms with E-state index < -0.39 is 0 Å². The zero-order chi connectivity index (χ0) is 18.2. The highest BCUT2D eigenvalue weighted by molar-refractivity contribution is 7.12. The van der Waals surface area contributed by atoms with Crippen molar-refractivity contribution in [3.8, 4) is 11.5 Å². The summed E-state index contributed by atoms with van der Waals surface area (Å²) in [6.07, 6.45) is 0.251. The van der Waals surface area contributed by atoms with E-state index in [1.54, 1.807) is 32.2 Å². The fourth-order valence-corrected chi connectivity index (χ4v) is 2.95. The Bertz CT molecular complexity index is 716. The molecule has 0 fully saturated rings. The lowest BCUT2D eigenvalue weighted by atomic mass is 10.2. The van der Waals surface area contributed by atoms with E-state index in [4.69, 9.17) is 9.47 Å². The summed E-state index contributed by atoms with van der Waals surface area (Å²) in [5.41, 5.74) is 0.941. The van der Waals surface area contributed by atoms with Gasteiger partial charge in [0, 0.05) is 26.6 Å². The van der Waals surface area contributed by atoms with Crippen LogP contribution in [-0.2, 0) is 11.3 Å². The largest absolute Gasteiger partial charge is 0.493 e. The summed E-state index contributed by atoms with van der Waals surface area (Å²) in [5.74, 6) is 1.09. The third kappa shape index (κ3) is 5.22. The topological polar surface area (TPSA) is 67.9 Å². The van der Waals surface area contributed by atoms with Crippen molar-refractivity contribution in [2.45, 2.75) is 13.0 Å². The maximum Gasteiger partial charge on any atom is 0.261 e. The lowest BCUT2D eigenvalue weighted by molar-refractivity contribution is -0.130. The summed E-state index contributed by atoms with van der Waals surface area (Å²) in [7, 11) is 4.89. The van der Waals surface area contributed by atoms with E-state index in [1.807, 2.05) is 29.6 Å². The normalized spacial score (nSPS) is 10.2. The highest BCUT2D eigenvalue weighted by atomic mass is 32.1. The number of nitrogens with one attached hydrogen (secondary N) is 1. The van der Waals surface area contributed by atoms with E-state index in [-0.39, 0.29) is 18.2 Å². The number of rotatable bonds is 8. The molecule has 2 rings (SSSR count). The minimum atomic E-state index is -0.148. The SMILES string of the molecule is COc1ccc(CN(C)C(=O)CCNC(=O)c2cccs2)cc1OC. The van der Waals surface area contributed by atoms with Crippen LogP contribution in [0.25, 0.3) is 0 Å². The van der Waals surface area contributed by atoms with Crippen molar-refractivity contribution in [2.75, 3.05) is 27.8 Å². The Morgan fingerprint density at radius 2 is 1.92 bits per heavy atom. The van der Waals surface area contributed by atoms with E-state index >= 15 is 0 Å². The number of thiophene rings is 1. The van der Waals surface area contributed by atoms with E-state index in [9.17, 15) is 9.59 Å². The summed E-state index contributed by atoms with van der Waals surface area (Å²) >= 11 is 1.37. The first kappa shape index (κ1) is 18.8. The van der Waals surface area contributed by atoms with Gasteiger partial charge in [-0.3, -0.25) is 9.59 Å². The van der Waals surface area contributed by atoms with Crippen LogP contribution in [0.15, 0.2) is 35.7 Å². The Morgan fingerprint density at radius 3 is 2.56 bits per heavy atom. The Balaban J connectivity index is 1.83. The molecule has 0 bridgehead atoms. The van der Waals surface area contributed by atoms with Crippen LogP contribution in [0.2, 0.25) is 0 Å². The molecule has 0 saturated carbocycles. The highest BCUT2D eigenvalue weighted by Crippen LogP contribution is 2.27. The summed E-state index contributed by atoms with van der Waals surface area (Å²) in [4.78, 5) is 26.3. The van der Waals surface area contributed by atoms with Gasteiger partial charge >= 0.3 is 0 Å². The number of nitrogens with zero attached hydrogens (tertiary/aromatic N) is 1. The number of amides is 2. The average molecular weight is 362 g/mol. The van der Waals surface area contributed by atoms with Crippen LogP contribution in [0.3, 0.4) is 0 Å². The molecule has 0 aliphatic heterocycles. The maximum atomic E-state index is 12.2. The van der Waals surface area contributed by atoms with Crippen LogP contribution < -0.4 is 14.8 Å². The molecule has 0 saturated heterocycles. The first-order chi connectivity index (χ1) is 12.0. The van der Waals surface area contributed by atoms with Crippen molar-refractivity contribution in [3.05, 3.63) is 46.2 Å². The standard InChI is InChI=1S/C18H22N2O4S/c1-20(12-13-6-7-14(23-2)15(11-13)24-3)17(21)8-9-19-18(22)16-5-4-10-25-16/h4-7,10-11H,8-9,12H2,1-3H3,(H,19,22). The maximum absolute atomic E-state index is 12.2.